The lowest BCUT2D eigenvalue weighted by Crippen LogP contribution is -2.47. The summed E-state index contributed by atoms with van der Waals surface area (Å²) in [6, 6.07) is 26.1. The summed E-state index contributed by atoms with van der Waals surface area (Å²) >= 11 is 0. The number of likely N-dealkylation sites (N-methyl/N-ethyl adjacent to an activating group) is 1. The number of aromatic nitrogens is 1. The van der Waals surface area contributed by atoms with Gasteiger partial charge in [0, 0.05) is 44.0 Å². The maximum Gasteiger partial charge on any atom is 0.255 e. The van der Waals surface area contributed by atoms with E-state index in [1.54, 1.807) is 48.4 Å². The number of carbonyl (C=O) groups is 2. The first-order valence-electron chi connectivity index (χ1n) is 12.9. The molecule has 6 nitrogen and oxygen atoms in total. The number of rotatable bonds is 8. The van der Waals surface area contributed by atoms with E-state index in [4.69, 9.17) is 4.74 Å². The maximum atomic E-state index is 14.2. The van der Waals surface area contributed by atoms with Gasteiger partial charge in [-0.1, -0.05) is 48.5 Å². The van der Waals surface area contributed by atoms with Crippen molar-refractivity contribution in [2.24, 2.45) is 0 Å². The number of hydrogen-bond acceptors (Lipinski definition) is 4. The van der Waals surface area contributed by atoms with Gasteiger partial charge in [0.1, 0.15) is 11.6 Å². The molecule has 0 N–H and O–H groups in total. The minimum atomic E-state index is -0.638. The van der Waals surface area contributed by atoms with Gasteiger partial charge in [0.05, 0.1) is 19.1 Å². The van der Waals surface area contributed by atoms with Gasteiger partial charge in [0.15, 0.2) is 0 Å². The Labute approximate surface area is 227 Å². The molecule has 5 rings (SSSR count). The third kappa shape index (κ3) is 5.53. The predicted octanol–water partition coefficient (Wildman–Crippen LogP) is 5.41. The van der Waals surface area contributed by atoms with Crippen LogP contribution in [0.2, 0.25) is 0 Å². The van der Waals surface area contributed by atoms with E-state index < -0.39 is 12.0 Å². The van der Waals surface area contributed by atoms with Crippen molar-refractivity contribution < 1.29 is 18.7 Å². The Hall–Kier alpha value is -4.52. The zero-order valence-electron chi connectivity index (χ0n) is 22.0. The molecule has 2 atom stereocenters. The molecule has 1 aromatic heterocycles. The summed E-state index contributed by atoms with van der Waals surface area (Å²) in [6.45, 7) is 0.710. The number of amides is 2. The summed E-state index contributed by atoms with van der Waals surface area (Å²) in [5.41, 5.74) is 3.70. The van der Waals surface area contributed by atoms with Gasteiger partial charge in [0.2, 0.25) is 5.91 Å². The largest absolute Gasteiger partial charge is 0.497 e. The topological polar surface area (TPSA) is 62.7 Å². The quantitative estimate of drug-likeness (QED) is 0.310. The molecule has 0 saturated heterocycles. The van der Waals surface area contributed by atoms with E-state index in [1.165, 1.54) is 12.1 Å². The molecule has 0 unspecified atom stereocenters. The summed E-state index contributed by atoms with van der Waals surface area (Å²) in [5.74, 6) is -0.557. The summed E-state index contributed by atoms with van der Waals surface area (Å²) in [7, 11) is 3.39. The van der Waals surface area contributed by atoms with Crippen molar-refractivity contribution in [1.29, 1.82) is 0 Å². The zero-order chi connectivity index (χ0) is 27.4. The van der Waals surface area contributed by atoms with E-state index in [0.717, 1.165) is 16.8 Å². The number of hydrogen-bond donors (Lipinski definition) is 0. The molecule has 0 saturated carbocycles. The van der Waals surface area contributed by atoms with E-state index in [9.17, 15) is 14.0 Å². The van der Waals surface area contributed by atoms with Crippen LogP contribution in [0.4, 0.5) is 4.39 Å². The van der Waals surface area contributed by atoms with Gasteiger partial charge in [-0.15, -0.1) is 0 Å². The average molecular weight is 524 g/mol. The van der Waals surface area contributed by atoms with Gasteiger partial charge < -0.3 is 14.5 Å². The SMILES string of the molecule is COc1ccc([C@H]2[C@H](C(=O)N(C)CCc3ccccn3)c3ccccc3C(=O)N2Cc2ccc(F)cc2)cc1. The van der Waals surface area contributed by atoms with E-state index in [1.807, 2.05) is 60.7 Å². The molecule has 0 spiro atoms. The van der Waals surface area contributed by atoms with Gasteiger partial charge >= 0.3 is 0 Å². The van der Waals surface area contributed by atoms with E-state index in [0.29, 0.717) is 29.8 Å². The highest BCUT2D eigenvalue weighted by atomic mass is 19.1. The van der Waals surface area contributed by atoms with Gasteiger partial charge in [-0.05, 0) is 59.2 Å². The Morgan fingerprint density at radius 1 is 0.974 bits per heavy atom. The molecule has 3 aromatic carbocycles. The van der Waals surface area contributed by atoms with E-state index in [2.05, 4.69) is 4.98 Å². The number of ether oxygens (including phenoxy) is 1. The Morgan fingerprint density at radius 3 is 2.38 bits per heavy atom. The number of benzene rings is 3. The second-order valence-electron chi connectivity index (χ2n) is 9.67. The normalized spacial score (nSPS) is 16.5. The van der Waals surface area contributed by atoms with Crippen molar-refractivity contribution in [2.45, 2.75) is 24.9 Å². The Bertz CT molecular complexity index is 1440. The fourth-order valence-electron chi connectivity index (χ4n) is 5.17. The minimum absolute atomic E-state index is 0.0872. The van der Waals surface area contributed by atoms with Gasteiger partial charge in [-0.3, -0.25) is 14.6 Å². The lowest BCUT2D eigenvalue weighted by molar-refractivity contribution is -0.133. The van der Waals surface area contributed by atoms with Crippen LogP contribution in [-0.2, 0) is 17.8 Å². The first kappa shape index (κ1) is 26.1. The van der Waals surface area contributed by atoms with Crippen LogP contribution in [0.5, 0.6) is 5.75 Å². The number of carbonyl (C=O) groups excluding carboxylic acids is 2. The molecule has 0 fully saturated rings. The molecule has 198 valence electrons. The molecular formula is C32H30FN3O3. The van der Waals surface area contributed by atoms with Gasteiger partial charge in [-0.2, -0.15) is 0 Å². The van der Waals surface area contributed by atoms with Gasteiger partial charge in [0.25, 0.3) is 5.91 Å². The van der Waals surface area contributed by atoms with Crippen LogP contribution in [0.1, 0.15) is 44.7 Å². The number of nitrogens with zero attached hydrogens (tertiary/aromatic N) is 3. The zero-order valence-corrected chi connectivity index (χ0v) is 22.0. The Kier molecular flexibility index (Phi) is 7.68. The number of pyridine rings is 1. The van der Waals surface area contributed by atoms with Crippen LogP contribution in [0.15, 0.2) is 97.2 Å². The molecule has 2 heterocycles. The molecule has 7 heteroatoms. The van der Waals surface area contributed by atoms with Crippen LogP contribution < -0.4 is 4.74 Å². The van der Waals surface area contributed by atoms with Crippen molar-refractivity contribution in [3.63, 3.8) is 0 Å². The fraction of sp³-hybridized carbons (Fsp3) is 0.219. The predicted molar refractivity (Wildman–Crippen MR) is 147 cm³/mol. The first-order chi connectivity index (χ1) is 19.0. The van der Waals surface area contributed by atoms with Crippen molar-refractivity contribution in [3.8, 4) is 5.75 Å². The first-order valence-corrected chi connectivity index (χ1v) is 12.9. The lowest BCUT2D eigenvalue weighted by Gasteiger charge is -2.43. The second-order valence-corrected chi connectivity index (χ2v) is 9.67. The van der Waals surface area contributed by atoms with Crippen LogP contribution >= 0.6 is 0 Å². The average Bonchev–Trinajstić information content (AvgIpc) is 2.98. The van der Waals surface area contributed by atoms with Gasteiger partial charge in [-0.25, -0.2) is 4.39 Å². The number of halogens is 1. The molecule has 1 aliphatic rings. The maximum absolute atomic E-state index is 14.2. The van der Waals surface area contributed by atoms with E-state index >= 15 is 0 Å². The standard InChI is InChI=1S/C32H30FN3O3/c1-35(20-18-25-7-5-6-19-34-25)32(38)29-27-8-3-4-9-28(27)31(37)36(21-22-10-14-24(33)15-11-22)30(29)23-12-16-26(39-2)17-13-23/h3-17,19,29-30H,18,20-21H2,1-2H3/t29-,30+/m1/s1. The molecule has 0 bridgehead atoms. The monoisotopic (exact) mass is 523 g/mol. The molecular weight excluding hydrogens is 493 g/mol. The summed E-state index contributed by atoms with van der Waals surface area (Å²) < 4.78 is 19.0. The van der Waals surface area contributed by atoms with Crippen molar-refractivity contribution in [1.82, 2.24) is 14.8 Å². The highest BCUT2D eigenvalue weighted by Gasteiger charge is 2.45. The number of methoxy groups -OCH3 is 1. The molecule has 4 aromatic rings. The van der Waals surface area contributed by atoms with E-state index in [-0.39, 0.29) is 24.2 Å². The summed E-state index contributed by atoms with van der Waals surface area (Å²) in [6.07, 6.45) is 2.36. The minimum Gasteiger partial charge on any atom is -0.497 e. The van der Waals surface area contributed by atoms with Crippen molar-refractivity contribution >= 4 is 11.8 Å². The number of fused-ring (bicyclic) bond motifs is 1. The fourth-order valence-corrected chi connectivity index (χ4v) is 5.17. The highest BCUT2D eigenvalue weighted by Crippen LogP contribution is 2.44. The molecule has 39 heavy (non-hydrogen) atoms. The van der Waals surface area contributed by atoms with Crippen LogP contribution in [0.3, 0.4) is 0 Å². The molecule has 0 aliphatic carbocycles. The molecule has 1 aliphatic heterocycles. The lowest BCUT2D eigenvalue weighted by atomic mass is 9.78. The Balaban J connectivity index is 1.56. The van der Waals surface area contributed by atoms with Crippen LogP contribution in [0.25, 0.3) is 0 Å². The highest BCUT2D eigenvalue weighted by molar-refractivity contribution is 6.01. The Morgan fingerprint density at radius 2 is 1.69 bits per heavy atom. The van der Waals surface area contributed by atoms with Crippen LogP contribution in [-0.4, -0.2) is 47.3 Å². The third-order valence-corrected chi connectivity index (χ3v) is 7.23. The second kappa shape index (κ2) is 11.5. The smallest absolute Gasteiger partial charge is 0.255 e. The van der Waals surface area contributed by atoms with Crippen molar-refractivity contribution in [2.75, 3.05) is 20.7 Å². The third-order valence-electron chi connectivity index (χ3n) is 7.23. The summed E-state index contributed by atoms with van der Waals surface area (Å²) in [5, 5.41) is 0. The summed E-state index contributed by atoms with van der Waals surface area (Å²) in [4.78, 5) is 36.0. The van der Waals surface area contributed by atoms with Crippen LogP contribution in [0, 0.1) is 5.82 Å². The molecule has 2 amide bonds. The van der Waals surface area contributed by atoms with Crippen molar-refractivity contribution in [3.05, 3.63) is 131 Å². The molecule has 0 radical (unpaired) electrons.